The number of aryl methyl sites for hydroxylation is 2. The summed E-state index contributed by atoms with van der Waals surface area (Å²) in [5.74, 6) is -0.391. The van der Waals surface area contributed by atoms with Crippen LogP contribution < -0.4 is 4.90 Å². The number of carbonyl (C=O) groups is 1. The number of anilines is 2. The Morgan fingerprint density at radius 2 is 1.89 bits per heavy atom. The maximum atomic E-state index is 11.6. The number of thiazole rings is 1. The molecule has 0 spiro atoms. The molecule has 0 N–H and O–H groups in total. The van der Waals surface area contributed by atoms with Crippen molar-refractivity contribution in [3.63, 3.8) is 0 Å². The molecule has 0 amide bonds. The number of esters is 1. The van der Waals surface area contributed by atoms with Gasteiger partial charge >= 0.3 is 5.97 Å². The van der Waals surface area contributed by atoms with Gasteiger partial charge in [-0.1, -0.05) is 17.7 Å². The van der Waals surface area contributed by atoms with Gasteiger partial charge in [-0.25, -0.2) is 9.78 Å². The number of benzene rings is 1. The standard InChI is InChI=1S/C14H16N2O2S/c1-9-5-7-11(8-6-9)16(3)14-15-12(10(2)19-14)13(17)18-4/h5-8H,1-4H3. The van der Waals surface area contributed by atoms with E-state index in [0.717, 1.165) is 15.7 Å². The molecule has 0 radical (unpaired) electrons. The Morgan fingerprint density at radius 3 is 2.47 bits per heavy atom. The third-order valence-electron chi connectivity index (χ3n) is 2.87. The minimum Gasteiger partial charge on any atom is -0.464 e. The number of methoxy groups -OCH3 is 1. The van der Waals surface area contributed by atoms with E-state index in [9.17, 15) is 4.79 Å². The van der Waals surface area contributed by atoms with Crippen LogP contribution >= 0.6 is 11.3 Å². The van der Waals surface area contributed by atoms with E-state index in [1.807, 2.05) is 50.1 Å². The van der Waals surface area contributed by atoms with Gasteiger partial charge in [0.25, 0.3) is 0 Å². The van der Waals surface area contributed by atoms with Gasteiger partial charge in [-0.05, 0) is 26.0 Å². The molecule has 0 saturated heterocycles. The first-order chi connectivity index (χ1) is 9.02. The molecule has 100 valence electrons. The SMILES string of the molecule is COC(=O)c1nc(N(C)c2ccc(C)cc2)sc1C. The van der Waals surface area contributed by atoms with Crippen LogP contribution in [0.3, 0.4) is 0 Å². The molecule has 2 rings (SSSR count). The lowest BCUT2D eigenvalue weighted by Crippen LogP contribution is -2.10. The minimum absolute atomic E-state index is 0.390. The average molecular weight is 276 g/mol. The second-order valence-electron chi connectivity index (χ2n) is 4.29. The maximum absolute atomic E-state index is 11.6. The number of nitrogens with zero attached hydrogens (tertiary/aromatic N) is 2. The second kappa shape index (κ2) is 5.40. The highest BCUT2D eigenvalue weighted by Crippen LogP contribution is 2.30. The van der Waals surface area contributed by atoms with Crippen LogP contribution in [-0.4, -0.2) is 25.1 Å². The third-order valence-corrected chi connectivity index (χ3v) is 3.92. The fraction of sp³-hybridized carbons (Fsp3) is 0.286. The lowest BCUT2D eigenvalue weighted by Gasteiger charge is -2.15. The molecule has 0 bridgehead atoms. The van der Waals surface area contributed by atoms with Gasteiger partial charge in [0.05, 0.1) is 7.11 Å². The van der Waals surface area contributed by atoms with Crippen LogP contribution in [0.1, 0.15) is 20.9 Å². The highest BCUT2D eigenvalue weighted by Gasteiger charge is 2.18. The normalized spacial score (nSPS) is 10.3. The van der Waals surface area contributed by atoms with Gasteiger partial charge in [0.15, 0.2) is 10.8 Å². The summed E-state index contributed by atoms with van der Waals surface area (Å²) in [6.45, 7) is 3.92. The number of aromatic nitrogens is 1. The summed E-state index contributed by atoms with van der Waals surface area (Å²) < 4.78 is 4.72. The van der Waals surface area contributed by atoms with Crippen molar-refractivity contribution < 1.29 is 9.53 Å². The Hall–Kier alpha value is -1.88. The van der Waals surface area contributed by atoms with Gasteiger partial charge < -0.3 is 9.64 Å². The predicted molar refractivity (Wildman–Crippen MR) is 77.4 cm³/mol. The van der Waals surface area contributed by atoms with E-state index in [0.29, 0.717) is 5.69 Å². The zero-order valence-electron chi connectivity index (χ0n) is 11.4. The maximum Gasteiger partial charge on any atom is 0.357 e. The Labute approximate surface area is 116 Å². The molecular weight excluding hydrogens is 260 g/mol. The minimum atomic E-state index is -0.391. The molecule has 2 aromatic rings. The summed E-state index contributed by atoms with van der Waals surface area (Å²) in [5.41, 5.74) is 2.64. The Balaban J connectivity index is 2.31. The van der Waals surface area contributed by atoms with Gasteiger partial charge in [-0.2, -0.15) is 0 Å². The Bertz CT molecular complexity index is 590. The molecule has 0 atom stereocenters. The highest BCUT2D eigenvalue weighted by molar-refractivity contribution is 7.15. The molecule has 0 aliphatic carbocycles. The van der Waals surface area contributed by atoms with E-state index in [1.165, 1.54) is 24.0 Å². The molecule has 19 heavy (non-hydrogen) atoms. The molecule has 5 heteroatoms. The first kappa shape index (κ1) is 13.5. The van der Waals surface area contributed by atoms with Crippen molar-refractivity contribution in [2.75, 3.05) is 19.1 Å². The smallest absolute Gasteiger partial charge is 0.357 e. The monoisotopic (exact) mass is 276 g/mol. The van der Waals surface area contributed by atoms with Crippen LogP contribution in [0.25, 0.3) is 0 Å². The number of hydrogen-bond donors (Lipinski definition) is 0. The average Bonchev–Trinajstić information content (AvgIpc) is 2.80. The molecular formula is C14H16N2O2S. The number of rotatable bonds is 3. The van der Waals surface area contributed by atoms with Crippen LogP contribution in [0.15, 0.2) is 24.3 Å². The molecule has 0 unspecified atom stereocenters. The summed E-state index contributed by atoms with van der Waals surface area (Å²) in [7, 11) is 3.30. The zero-order valence-corrected chi connectivity index (χ0v) is 12.2. The quantitative estimate of drug-likeness (QED) is 0.807. The molecule has 1 heterocycles. The molecule has 1 aromatic heterocycles. The first-order valence-electron chi connectivity index (χ1n) is 5.89. The van der Waals surface area contributed by atoms with Crippen LogP contribution in [0.2, 0.25) is 0 Å². The fourth-order valence-electron chi connectivity index (χ4n) is 1.69. The van der Waals surface area contributed by atoms with Crippen molar-refractivity contribution in [1.29, 1.82) is 0 Å². The summed E-state index contributed by atoms with van der Waals surface area (Å²) in [4.78, 5) is 18.7. The van der Waals surface area contributed by atoms with E-state index in [2.05, 4.69) is 4.98 Å². The van der Waals surface area contributed by atoms with Crippen LogP contribution in [0.4, 0.5) is 10.8 Å². The Morgan fingerprint density at radius 1 is 1.26 bits per heavy atom. The van der Waals surface area contributed by atoms with Crippen LogP contribution in [-0.2, 0) is 4.74 Å². The van der Waals surface area contributed by atoms with Crippen molar-refractivity contribution in [3.8, 4) is 0 Å². The third kappa shape index (κ3) is 2.76. The van der Waals surface area contributed by atoms with Crippen molar-refractivity contribution in [1.82, 2.24) is 4.98 Å². The molecule has 0 fully saturated rings. The van der Waals surface area contributed by atoms with E-state index < -0.39 is 5.97 Å². The lowest BCUT2D eigenvalue weighted by atomic mass is 10.2. The predicted octanol–water partition coefficient (Wildman–Crippen LogP) is 3.31. The fourth-order valence-corrected chi connectivity index (χ4v) is 2.57. The number of ether oxygens (including phenoxy) is 1. The molecule has 0 aliphatic rings. The molecule has 4 nitrogen and oxygen atoms in total. The van der Waals surface area contributed by atoms with Gasteiger partial charge in [0, 0.05) is 17.6 Å². The van der Waals surface area contributed by atoms with E-state index in [1.54, 1.807) is 0 Å². The van der Waals surface area contributed by atoms with Gasteiger partial charge in [0.1, 0.15) is 0 Å². The topological polar surface area (TPSA) is 42.4 Å². The second-order valence-corrected chi connectivity index (χ2v) is 5.47. The van der Waals surface area contributed by atoms with Gasteiger partial charge in [-0.15, -0.1) is 11.3 Å². The molecule has 1 aromatic carbocycles. The van der Waals surface area contributed by atoms with Gasteiger partial charge in [0.2, 0.25) is 0 Å². The summed E-state index contributed by atoms with van der Waals surface area (Å²) in [5, 5.41) is 0.779. The van der Waals surface area contributed by atoms with E-state index in [-0.39, 0.29) is 0 Å². The summed E-state index contributed by atoms with van der Waals surface area (Å²) in [6, 6.07) is 8.16. The van der Waals surface area contributed by atoms with Crippen LogP contribution in [0, 0.1) is 13.8 Å². The van der Waals surface area contributed by atoms with Crippen molar-refractivity contribution >= 4 is 28.1 Å². The van der Waals surface area contributed by atoms with E-state index in [4.69, 9.17) is 4.74 Å². The zero-order chi connectivity index (χ0) is 14.0. The lowest BCUT2D eigenvalue weighted by molar-refractivity contribution is 0.0594. The molecule has 0 saturated carbocycles. The summed E-state index contributed by atoms with van der Waals surface area (Å²) in [6.07, 6.45) is 0. The summed E-state index contributed by atoms with van der Waals surface area (Å²) >= 11 is 1.48. The van der Waals surface area contributed by atoms with Crippen molar-refractivity contribution in [2.24, 2.45) is 0 Å². The number of hydrogen-bond acceptors (Lipinski definition) is 5. The van der Waals surface area contributed by atoms with Crippen molar-refractivity contribution in [3.05, 3.63) is 40.4 Å². The number of carbonyl (C=O) groups excluding carboxylic acids is 1. The van der Waals surface area contributed by atoms with E-state index >= 15 is 0 Å². The van der Waals surface area contributed by atoms with Gasteiger partial charge in [-0.3, -0.25) is 0 Å². The van der Waals surface area contributed by atoms with Crippen LogP contribution in [0.5, 0.6) is 0 Å². The molecule has 0 aliphatic heterocycles. The Kier molecular flexibility index (Phi) is 3.85. The van der Waals surface area contributed by atoms with Crippen molar-refractivity contribution in [2.45, 2.75) is 13.8 Å². The largest absolute Gasteiger partial charge is 0.464 e. The highest BCUT2D eigenvalue weighted by atomic mass is 32.1. The first-order valence-corrected chi connectivity index (χ1v) is 6.70.